The molecule has 0 bridgehead atoms. The summed E-state index contributed by atoms with van der Waals surface area (Å²) < 4.78 is 19.3. The molecule has 1 aromatic rings. The van der Waals surface area contributed by atoms with E-state index in [-0.39, 0.29) is 17.5 Å². The van der Waals surface area contributed by atoms with Gasteiger partial charge >= 0.3 is 0 Å². The highest BCUT2D eigenvalue weighted by atomic mass is 19.1. The summed E-state index contributed by atoms with van der Waals surface area (Å²) in [4.78, 5) is 0. The predicted molar refractivity (Wildman–Crippen MR) is 66.5 cm³/mol. The molecule has 3 heteroatoms. The van der Waals surface area contributed by atoms with Crippen LogP contribution in [-0.4, -0.2) is 5.60 Å². The van der Waals surface area contributed by atoms with Crippen LogP contribution < -0.4 is 10.5 Å². The number of rotatable bonds is 3. The van der Waals surface area contributed by atoms with Gasteiger partial charge in [-0.1, -0.05) is 20.3 Å². The van der Waals surface area contributed by atoms with Gasteiger partial charge in [0, 0.05) is 18.0 Å². The van der Waals surface area contributed by atoms with Gasteiger partial charge in [-0.15, -0.1) is 0 Å². The lowest BCUT2D eigenvalue weighted by Crippen LogP contribution is -2.42. The van der Waals surface area contributed by atoms with E-state index in [2.05, 4.69) is 13.8 Å². The SMILES string of the molecule is CCCC1(CC)C[C@H](N)c2cc(F)ccc2O1. The summed E-state index contributed by atoms with van der Waals surface area (Å²) in [6.07, 6.45) is 3.77. The molecule has 0 saturated heterocycles. The van der Waals surface area contributed by atoms with Gasteiger partial charge in [-0.25, -0.2) is 4.39 Å². The molecule has 2 atom stereocenters. The van der Waals surface area contributed by atoms with Crippen molar-refractivity contribution in [1.29, 1.82) is 0 Å². The van der Waals surface area contributed by atoms with Crippen LogP contribution in [0.3, 0.4) is 0 Å². The Balaban J connectivity index is 2.35. The number of nitrogens with two attached hydrogens (primary N) is 1. The van der Waals surface area contributed by atoms with Crippen molar-refractivity contribution in [2.75, 3.05) is 0 Å². The molecular weight excluding hydrogens is 217 g/mol. The van der Waals surface area contributed by atoms with Crippen LogP contribution in [0.5, 0.6) is 5.75 Å². The predicted octanol–water partition coefficient (Wildman–Crippen LogP) is 3.56. The molecule has 1 unspecified atom stereocenters. The van der Waals surface area contributed by atoms with E-state index < -0.39 is 0 Å². The summed E-state index contributed by atoms with van der Waals surface area (Å²) in [5.74, 6) is 0.503. The van der Waals surface area contributed by atoms with Crippen molar-refractivity contribution in [3.63, 3.8) is 0 Å². The molecule has 2 N–H and O–H groups in total. The van der Waals surface area contributed by atoms with Gasteiger partial charge in [-0.3, -0.25) is 0 Å². The van der Waals surface area contributed by atoms with Gasteiger partial charge in [-0.05, 0) is 31.0 Å². The fraction of sp³-hybridized carbons (Fsp3) is 0.571. The number of benzene rings is 1. The molecule has 1 aliphatic heterocycles. The number of hydrogen-bond acceptors (Lipinski definition) is 2. The van der Waals surface area contributed by atoms with E-state index in [0.29, 0.717) is 0 Å². The Morgan fingerprint density at radius 2 is 2.24 bits per heavy atom. The summed E-state index contributed by atoms with van der Waals surface area (Å²) in [6.45, 7) is 4.27. The molecule has 1 aromatic carbocycles. The summed E-state index contributed by atoms with van der Waals surface area (Å²) >= 11 is 0. The van der Waals surface area contributed by atoms with Crippen molar-refractivity contribution in [1.82, 2.24) is 0 Å². The summed E-state index contributed by atoms with van der Waals surface area (Å²) in [5.41, 5.74) is 6.78. The molecule has 2 rings (SSSR count). The minimum absolute atomic E-state index is 0.124. The molecule has 0 aromatic heterocycles. The van der Waals surface area contributed by atoms with Crippen LogP contribution in [0.2, 0.25) is 0 Å². The van der Waals surface area contributed by atoms with Crippen molar-refractivity contribution in [2.45, 2.75) is 51.2 Å². The van der Waals surface area contributed by atoms with Crippen LogP contribution in [0.4, 0.5) is 4.39 Å². The number of ether oxygens (including phenoxy) is 1. The van der Waals surface area contributed by atoms with E-state index in [4.69, 9.17) is 10.5 Å². The lowest BCUT2D eigenvalue weighted by atomic mass is 9.83. The molecule has 0 fully saturated rings. The van der Waals surface area contributed by atoms with Crippen LogP contribution in [-0.2, 0) is 0 Å². The second kappa shape index (κ2) is 4.65. The zero-order valence-corrected chi connectivity index (χ0v) is 10.5. The third-order valence-corrected chi connectivity index (χ3v) is 3.64. The number of hydrogen-bond donors (Lipinski definition) is 1. The first-order valence-corrected chi connectivity index (χ1v) is 6.34. The van der Waals surface area contributed by atoms with Gasteiger partial charge in [0.2, 0.25) is 0 Å². The van der Waals surface area contributed by atoms with E-state index in [0.717, 1.165) is 37.0 Å². The molecule has 1 heterocycles. The molecule has 17 heavy (non-hydrogen) atoms. The fourth-order valence-corrected chi connectivity index (χ4v) is 2.69. The Morgan fingerprint density at radius 3 is 2.88 bits per heavy atom. The maximum absolute atomic E-state index is 13.2. The van der Waals surface area contributed by atoms with E-state index >= 15 is 0 Å². The Labute approximate surface area is 102 Å². The second-order valence-corrected chi connectivity index (χ2v) is 4.88. The maximum Gasteiger partial charge on any atom is 0.125 e. The molecular formula is C14H20FNO. The molecule has 2 nitrogen and oxygen atoms in total. The average molecular weight is 237 g/mol. The molecule has 0 saturated carbocycles. The van der Waals surface area contributed by atoms with Crippen LogP contribution >= 0.6 is 0 Å². The summed E-state index contributed by atoms with van der Waals surface area (Å²) in [7, 11) is 0. The fourth-order valence-electron chi connectivity index (χ4n) is 2.69. The topological polar surface area (TPSA) is 35.2 Å². The zero-order valence-electron chi connectivity index (χ0n) is 10.5. The Bertz CT molecular complexity index is 407. The minimum Gasteiger partial charge on any atom is -0.487 e. The standard InChI is InChI=1S/C14H20FNO/c1-3-7-14(4-2)9-12(16)11-8-10(15)5-6-13(11)17-14/h5-6,8,12H,3-4,7,9,16H2,1-2H3/t12-,14?/m0/s1. The van der Waals surface area contributed by atoms with Gasteiger partial charge in [-0.2, -0.15) is 0 Å². The highest BCUT2D eigenvalue weighted by Gasteiger charge is 2.37. The first kappa shape index (κ1) is 12.4. The van der Waals surface area contributed by atoms with Crippen LogP contribution in [0.25, 0.3) is 0 Å². The average Bonchev–Trinajstić information content (AvgIpc) is 2.31. The molecule has 94 valence electrons. The molecule has 0 amide bonds. The second-order valence-electron chi connectivity index (χ2n) is 4.88. The van der Waals surface area contributed by atoms with Gasteiger partial charge in [0.15, 0.2) is 0 Å². The van der Waals surface area contributed by atoms with Crippen molar-refractivity contribution < 1.29 is 9.13 Å². The lowest BCUT2D eigenvalue weighted by molar-refractivity contribution is 0.0229. The van der Waals surface area contributed by atoms with Crippen LogP contribution in [0.15, 0.2) is 18.2 Å². The van der Waals surface area contributed by atoms with Crippen molar-refractivity contribution >= 4 is 0 Å². The molecule has 1 aliphatic rings. The van der Waals surface area contributed by atoms with Crippen molar-refractivity contribution in [3.8, 4) is 5.75 Å². The van der Waals surface area contributed by atoms with E-state index in [1.807, 2.05) is 0 Å². The van der Waals surface area contributed by atoms with E-state index in [9.17, 15) is 4.39 Å². The monoisotopic (exact) mass is 237 g/mol. The smallest absolute Gasteiger partial charge is 0.125 e. The first-order chi connectivity index (χ1) is 8.10. The molecule has 0 radical (unpaired) electrons. The summed E-state index contributed by atoms with van der Waals surface area (Å²) in [6, 6.07) is 4.50. The summed E-state index contributed by atoms with van der Waals surface area (Å²) in [5, 5.41) is 0. The van der Waals surface area contributed by atoms with Crippen LogP contribution in [0.1, 0.15) is 51.1 Å². The Morgan fingerprint density at radius 1 is 1.47 bits per heavy atom. The normalized spacial score (nSPS) is 27.4. The van der Waals surface area contributed by atoms with Gasteiger partial charge < -0.3 is 10.5 Å². The lowest BCUT2D eigenvalue weighted by Gasteiger charge is -2.41. The Kier molecular flexibility index (Phi) is 3.38. The third-order valence-electron chi connectivity index (χ3n) is 3.64. The van der Waals surface area contributed by atoms with Gasteiger partial charge in [0.05, 0.1) is 0 Å². The van der Waals surface area contributed by atoms with E-state index in [1.54, 1.807) is 6.07 Å². The minimum atomic E-state index is -0.248. The number of halogens is 1. The maximum atomic E-state index is 13.2. The quantitative estimate of drug-likeness (QED) is 0.872. The van der Waals surface area contributed by atoms with Crippen LogP contribution in [0, 0.1) is 5.82 Å². The largest absolute Gasteiger partial charge is 0.487 e. The highest BCUT2D eigenvalue weighted by molar-refractivity contribution is 5.39. The highest BCUT2D eigenvalue weighted by Crippen LogP contribution is 2.42. The van der Waals surface area contributed by atoms with Crippen molar-refractivity contribution in [2.24, 2.45) is 5.73 Å². The first-order valence-electron chi connectivity index (χ1n) is 6.34. The third kappa shape index (κ3) is 2.29. The van der Waals surface area contributed by atoms with Crippen molar-refractivity contribution in [3.05, 3.63) is 29.6 Å². The number of fused-ring (bicyclic) bond motifs is 1. The molecule has 0 aliphatic carbocycles. The van der Waals surface area contributed by atoms with Gasteiger partial charge in [0.25, 0.3) is 0 Å². The zero-order chi connectivity index (χ0) is 12.5. The Hall–Kier alpha value is -1.09. The van der Waals surface area contributed by atoms with E-state index in [1.165, 1.54) is 12.1 Å². The van der Waals surface area contributed by atoms with Gasteiger partial charge in [0.1, 0.15) is 17.2 Å². The molecule has 0 spiro atoms.